The van der Waals surface area contributed by atoms with Gasteiger partial charge >= 0.3 is 0 Å². The normalized spacial score (nSPS) is 10.4. The third-order valence-corrected chi connectivity index (χ3v) is 7.40. The van der Waals surface area contributed by atoms with Crippen LogP contribution >= 0.6 is 0 Å². The van der Waals surface area contributed by atoms with Crippen molar-refractivity contribution in [3.8, 4) is 23.0 Å². The smallest absolute Gasteiger partial charge is 0.150 e. The molecule has 51 heavy (non-hydrogen) atoms. The van der Waals surface area contributed by atoms with Crippen LogP contribution in [0.4, 0.5) is 8.78 Å². The van der Waals surface area contributed by atoms with Crippen molar-refractivity contribution in [1.29, 1.82) is 0 Å². The Morgan fingerprint density at radius 2 is 1.02 bits per heavy atom. The third-order valence-electron chi connectivity index (χ3n) is 7.40. The predicted octanol–water partition coefficient (Wildman–Crippen LogP) is 7.26. The highest BCUT2D eigenvalue weighted by molar-refractivity contribution is 5.74. The van der Waals surface area contributed by atoms with Crippen molar-refractivity contribution in [2.75, 3.05) is 0 Å². The molecule has 0 amide bonds. The molecular weight excluding hydrogens is 654 g/mol. The lowest BCUT2D eigenvalue weighted by Gasteiger charge is -2.23. The summed E-state index contributed by atoms with van der Waals surface area (Å²) in [5.74, 6) is -0.000669. The van der Waals surface area contributed by atoms with Crippen molar-refractivity contribution >= 4 is 6.29 Å². The first-order valence-electron chi connectivity index (χ1n) is 15.9. The highest BCUT2D eigenvalue weighted by Crippen LogP contribution is 2.25. The molecule has 0 unspecified atom stereocenters. The highest BCUT2D eigenvalue weighted by Gasteiger charge is 2.12. The molecule has 6 rings (SSSR count). The molecule has 6 aromatic rings. The lowest BCUT2D eigenvalue weighted by molar-refractivity contribution is 0.112. The van der Waals surface area contributed by atoms with Gasteiger partial charge in [-0.2, -0.15) is 0 Å². The van der Waals surface area contributed by atoms with Gasteiger partial charge in [-0.1, -0.05) is 12.1 Å². The SMILES string of the molecule is O=Cc1ccc(F)cc1.Oc1ccc(O)c(CN(Cc2ccncc2)Cc2ccc(F)cc2)c1.Oc1ccc(O)c(CNCc2ccncc2)c1. The topological polar surface area (TPSA) is 139 Å². The maximum absolute atomic E-state index is 13.1. The first kappa shape index (κ1) is 37.6. The molecular formula is C40H38F2N4O5. The minimum Gasteiger partial charge on any atom is -0.508 e. The number of hydrogen-bond acceptors (Lipinski definition) is 9. The summed E-state index contributed by atoms with van der Waals surface area (Å²) in [5.41, 5.74) is 4.98. The Morgan fingerprint density at radius 1 is 0.549 bits per heavy atom. The fourth-order valence-corrected chi connectivity index (χ4v) is 4.80. The molecule has 0 radical (unpaired) electrons. The number of benzene rings is 4. The van der Waals surface area contributed by atoms with Crippen molar-refractivity contribution in [3.63, 3.8) is 0 Å². The number of hydrogen-bond donors (Lipinski definition) is 5. The van der Waals surface area contributed by atoms with E-state index in [1.54, 1.807) is 49.1 Å². The van der Waals surface area contributed by atoms with Crippen LogP contribution in [0.5, 0.6) is 23.0 Å². The lowest BCUT2D eigenvalue weighted by atomic mass is 10.1. The van der Waals surface area contributed by atoms with E-state index < -0.39 is 0 Å². The molecule has 262 valence electrons. The summed E-state index contributed by atoms with van der Waals surface area (Å²) < 4.78 is 25.2. The van der Waals surface area contributed by atoms with Crippen molar-refractivity contribution in [1.82, 2.24) is 20.2 Å². The number of carbonyl (C=O) groups is 1. The van der Waals surface area contributed by atoms with Crippen molar-refractivity contribution < 1.29 is 34.0 Å². The first-order valence-corrected chi connectivity index (χ1v) is 15.9. The van der Waals surface area contributed by atoms with Crippen LogP contribution in [0.25, 0.3) is 0 Å². The van der Waals surface area contributed by atoms with E-state index in [0.717, 1.165) is 16.7 Å². The summed E-state index contributed by atoms with van der Waals surface area (Å²) in [6.45, 7) is 2.85. The van der Waals surface area contributed by atoms with Crippen LogP contribution in [0.1, 0.15) is 38.2 Å². The number of phenolic OH excluding ortho intramolecular Hbond substituents is 4. The number of rotatable bonds is 11. The molecule has 0 atom stereocenters. The summed E-state index contributed by atoms with van der Waals surface area (Å²) >= 11 is 0. The molecule has 11 heteroatoms. The molecule has 0 aliphatic rings. The Balaban J connectivity index is 0.000000192. The molecule has 0 spiro atoms. The maximum atomic E-state index is 13.1. The average molecular weight is 693 g/mol. The van der Waals surface area contributed by atoms with Gasteiger partial charge in [0.25, 0.3) is 0 Å². The Labute approximate surface area is 294 Å². The second-order valence-electron chi connectivity index (χ2n) is 11.4. The Hall–Kier alpha value is -6.17. The minimum atomic E-state index is -0.319. The number of phenols is 4. The molecule has 0 bridgehead atoms. The van der Waals surface area contributed by atoms with Crippen molar-refractivity contribution in [3.05, 3.63) is 179 Å². The fourth-order valence-electron chi connectivity index (χ4n) is 4.80. The second-order valence-corrected chi connectivity index (χ2v) is 11.4. The maximum Gasteiger partial charge on any atom is 0.150 e. The quantitative estimate of drug-likeness (QED) is 0.0702. The Morgan fingerprint density at radius 3 is 1.57 bits per heavy atom. The van der Waals surface area contributed by atoms with Crippen LogP contribution in [0.3, 0.4) is 0 Å². The van der Waals surface area contributed by atoms with Gasteiger partial charge in [0.1, 0.15) is 40.9 Å². The first-order chi connectivity index (χ1) is 24.7. The molecule has 0 fully saturated rings. The number of aromatic nitrogens is 2. The Kier molecular flexibility index (Phi) is 14.6. The number of aldehydes is 1. The number of carbonyl (C=O) groups excluding carboxylic acids is 1. The summed E-state index contributed by atoms with van der Waals surface area (Å²) in [6.07, 6.45) is 7.62. The van der Waals surface area contributed by atoms with E-state index in [1.165, 1.54) is 60.7 Å². The van der Waals surface area contributed by atoms with Gasteiger partial charge in [-0.25, -0.2) is 8.78 Å². The standard InChI is InChI=1S/C20H19FN2O2.C13H14N2O2.C7H5FO/c21-18-3-1-15(2-4-18)12-23(13-16-7-9-22-10-8-16)14-17-11-19(24)5-6-20(17)25;16-12-1-2-13(17)11(7-12)9-15-8-10-3-5-14-6-4-10;8-7-3-1-6(5-9)2-4-7/h1-11,24-25H,12-14H2;1-7,15-17H,8-9H2;1-5H. The summed E-state index contributed by atoms with van der Waals surface area (Å²) in [5, 5.41) is 41.8. The van der Waals surface area contributed by atoms with Gasteiger partial charge in [-0.05, 0) is 114 Å². The van der Waals surface area contributed by atoms with Gasteiger partial charge in [0.05, 0.1) is 0 Å². The number of halogens is 2. The van der Waals surface area contributed by atoms with E-state index in [0.29, 0.717) is 55.7 Å². The van der Waals surface area contributed by atoms with Gasteiger partial charge in [-0.15, -0.1) is 0 Å². The summed E-state index contributed by atoms with van der Waals surface area (Å²) in [6, 6.07) is 28.4. The van der Waals surface area contributed by atoms with Gasteiger partial charge in [0.15, 0.2) is 0 Å². The third kappa shape index (κ3) is 13.3. The van der Waals surface area contributed by atoms with Crippen LogP contribution in [0.2, 0.25) is 0 Å². The van der Waals surface area contributed by atoms with E-state index in [4.69, 9.17) is 0 Å². The van der Waals surface area contributed by atoms with Crippen LogP contribution in [0, 0.1) is 11.6 Å². The van der Waals surface area contributed by atoms with Gasteiger partial charge in [0, 0.05) is 74.2 Å². The van der Waals surface area contributed by atoms with Crippen molar-refractivity contribution in [2.24, 2.45) is 0 Å². The number of pyridine rings is 2. The Bertz CT molecular complexity index is 1930. The molecule has 0 saturated heterocycles. The molecule has 5 N–H and O–H groups in total. The van der Waals surface area contributed by atoms with Crippen LogP contribution in [0.15, 0.2) is 134 Å². The minimum absolute atomic E-state index is 0.110. The van der Waals surface area contributed by atoms with E-state index in [1.807, 2.05) is 24.3 Å². The van der Waals surface area contributed by atoms with Gasteiger partial charge in [0.2, 0.25) is 0 Å². The molecule has 2 heterocycles. The predicted molar refractivity (Wildman–Crippen MR) is 190 cm³/mol. The van der Waals surface area contributed by atoms with Gasteiger partial charge < -0.3 is 25.7 Å². The average Bonchev–Trinajstić information content (AvgIpc) is 3.14. The zero-order chi connectivity index (χ0) is 36.4. The summed E-state index contributed by atoms with van der Waals surface area (Å²) in [7, 11) is 0. The molecule has 2 aromatic heterocycles. The van der Waals surface area contributed by atoms with E-state index in [2.05, 4.69) is 20.2 Å². The van der Waals surface area contributed by atoms with E-state index in [-0.39, 0.29) is 34.6 Å². The van der Waals surface area contributed by atoms with E-state index in [9.17, 15) is 34.0 Å². The molecule has 0 aliphatic carbocycles. The molecule has 9 nitrogen and oxygen atoms in total. The number of aromatic hydroxyl groups is 4. The fraction of sp³-hybridized carbons (Fsp3) is 0.125. The van der Waals surface area contributed by atoms with E-state index >= 15 is 0 Å². The van der Waals surface area contributed by atoms with Crippen LogP contribution in [-0.2, 0) is 32.7 Å². The molecule has 0 aliphatic heterocycles. The summed E-state index contributed by atoms with van der Waals surface area (Å²) in [4.78, 5) is 20.1. The lowest BCUT2D eigenvalue weighted by Crippen LogP contribution is -2.22. The molecule has 0 saturated carbocycles. The van der Waals surface area contributed by atoms with Crippen molar-refractivity contribution in [2.45, 2.75) is 32.7 Å². The monoisotopic (exact) mass is 692 g/mol. The number of nitrogens with zero attached hydrogens (tertiary/aromatic N) is 3. The second kappa shape index (κ2) is 19.7. The van der Waals surface area contributed by atoms with Crippen LogP contribution < -0.4 is 5.32 Å². The molecule has 4 aromatic carbocycles. The zero-order valence-corrected chi connectivity index (χ0v) is 27.6. The van der Waals surface area contributed by atoms with Gasteiger partial charge in [-0.3, -0.25) is 19.7 Å². The zero-order valence-electron chi connectivity index (χ0n) is 27.6. The van der Waals surface area contributed by atoms with Crippen LogP contribution in [-0.4, -0.2) is 41.6 Å². The highest BCUT2D eigenvalue weighted by atomic mass is 19.1. The number of nitrogens with one attached hydrogen (secondary N) is 1. The largest absolute Gasteiger partial charge is 0.508 e.